The minimum atomic E-state index is -0.148. The van der Waals surface area contributed by atoms with E-state index in [9.17, 15) is 9.59 Å². The molecule has 3 heterocycles. The second-order valence-corrected chi connectivity index (χ2v) is 7.76. The fraction of sp³-hybridized carbons (Fsp3) is 0.500. The predicted octanol–water partition coefficient (Wildman–Crippen LogP) is 1.20. The maximum Gasteiger partial charge on any atom is 0.255 e. The van der Waals surface area contributed by atoms with E-state index in [1.54, 1.807) is 0 Å². The van der Waals surface area contributed by atoms with Gasteiger partial charge in [-0.05, 0) is 25.5 Å². The van der Waals surface area contributed by atoms with Gasteiger partial charge in [0.15, 0.2) is 0 Å². The third-order valence-electron chi connectivity index (χ3n) is 5.86. The van der Waals surface area contributed by atoms with Crippen LogP contribution in [0.4, 0.5) is 11.6 Å². The smallest absolute Gasteiger partial charge is 0.255 e. The molecule has 0 radical (unpaired) electrons. The lowest BCUT2D eigenvalue weighted by Gasteiger charge is -2.36. The molecule has 8 nitrogen and oxygen atoms in total. The number of H-pyrrole nitrogens is 1. The SMILES string of the molecule is Cc1nc(N2CCOCC2)[nH]c(=O)c1CCC(=O)N1CCN(c2ccccc2)CC1. The number of aromatic amines is 1. The summed E-state index contributed by atoms with van der Waals surface area (Å²) in [5.41, 5.74) is 2.34. The van der Waals surface area contributed by atoms with Crippen LogP contribution in [-0.2, 0) is 16.0 Å². The van der Waals surface area contributed by atoms with Crippen molar-refractivity contribution in [3.05, 3.63) is 51.9 Å². The molecule has 160 valence electrons. The molecule has 30 heavy (non-hydrogen) atoms. The number of rotatable bonds is 5. The molecular formula is C22H29N5O3. The van der Waals surface area contributed by atoms with E-state index in [-0.39, 0.29) is 11.5 Å². The molecular weight excluding hydrogens is 382 g/mol. The molecule has 0 saturated carbocycles. The number of ether oxygens (including phenoxy) is 1. The molecule has 0 atom stereocenters. The maximum absolute atomic E-state index is 12.7. The summed E-state index contributed by atoms with van der Waals surface area (Å²) >= 11 is 0. The Bertz CT molecular complexity index is 916. The van der Waals surface area contributed by atoms with Crippen LogP contribution in [0.3, 0.4) is 0 Å². The zero-order chi connectivity index (χ0) is 20.9. The van der Waals surface area contributed by atoms with E-state index in [4.69, 9.17) is 4.74 Å². The summed E-state index contributed by atoms with van der Waals surface area (Å²) < 4.78 is 5.35. The molecule has 0 spiro atoms. The largest absolute Gasteiger partial charge is 0.378 e. The van der Waals surface area contributed by atoms with Crippen LogP contribution in [0.1, 0.15) is 17.7 Å². The van der Waals surface area contributed by atoms with Crippen molar-refractivity contribution in [1.29, 1.82) is 0 Å². The standard InChI is InChI=1S/C22H29N5O3/c1-17-19(21(29)24-22(23-17)27-13-15-30-16-14-27)7-8-20(28)26-11-9-25(10-12-26)18-5-3-2-4-6-18/h2-6H,7-16H2,1H3,(H,23,24,29). The van der Waals surface area contributed by atoms with Crippen LogP contribution >= 0.6 is 0 Å². The average molecular weight is 412 g/mol. The Balaban J connectivity index is 1.32. The van der Waals surface area contributed by atoms with Gasteiger partial charge in [0.1, 0.15) is 0 Å². The lowest BCUT2D eigenvalue weighted by atomic mass is 10.1. The van der Waals surface area contributed by atoms with Crippen LogP contribution < -0.4 is 15.4 Å². The highest BCUT2D eigenvalue weighted by Crippen LogP contribution is 2.17. The molecule has 1 aromatic heterocycles. The van der Waals surface area contributed by atoms with Crippen LogP contribution in [0, 0.1) is 6.92 Å². The fourth-order valence-electron chi connectivity index (χ4n) is 4.06. The number of nitrogens with one attached hydrogen (secondary N) is 1. The van der Waals surface area contributed by atoms with E-state index in [1.807, 2.05) is 34.9 Å². The molecule has 4 rings (SSSR count). The van der Waals surface area contributed by atoms with Gasteiger partial charge in [-0.1, -0.05) is 18.2 Å². The van der Waals surface area contributed by atoms with Crippen molar-refractivity contribution < 1.29 is 9.53 Å². The highest BCUT2D eigenvalue weighted by molar-refractivity contribution is 5.76. The second-order valence-electron chi connectivity index (χ2n) is 7.76. The van der Waals surface area contributed by atoms with Gasteiger partial charge in [0.05, 0.1) is 13.2 Å². The monoisotopic (exact) mass is 411 g/mol. The molecule has 2 aromatic rings. The van der Waals surface area contributed by atoms with Gasteiger partial charge in [-0.3, -0.25) is 14.6 Å². The molecule has 0 aliphatic carbocycles. The van der Waals surface area contributed by atoms with Gasteiger partial charge in [0.25, 0.3) is 5.56 Å². The van der Waals surface area contributed by atoms with Gasteiger partial charge in [-0.15, -0.1) is 0 Å². The minimum absolute atomic E-state index is 0.0961. The number of morpholine rings is 1. The van der Waals surface area contributed by atoms with Crippen molar-refractivity contribution in [2.75, 3.05) is 62.3 Å². The number of aryl methyl sites for hydroxylation is 1. The van der Waals surface area contributed by atoms with Crippen molar-refractivity contribution in [2.45, 2.75) is 19.8 Å². The number of hydrogen-bond acceptors (Lipinski definition) is 6. The first kappa shape index (κ1) is 20.4. The van der Waals surface area contributed by atoms with Crippen molar-refractivity contribution in [3.63, 3.8) is 0 Å². The molecule has 0 unspecified atom stereocenters. The topological polar surface area (TPSA) is 81.8 Å². The Labute approximate surface area is 176 Å². The Morgan fingerprint density at radius 1 is 1.03 bits per heavy atom. The highest BCUT2D eigenvalue weighted by atomic mass is 16.5. The number of anilines is 2. The summed E-state index contributed by atoms with van der Waals surface area (Å²) in [7, 11) is 0. The highest BCUT2D eigenvalue weighted by Gasteiger charge is 2.22. The molecule has 8 heteroatoms. The van der Waals surface area contributed by atoms with Crippen LogP contribution in [0.5, 0.6) is 0 Å². The molecule has 2 fully saturated rings. The molecule has 0 bridgehead atoms. The number of nitrogens with zero attached hydrogens (tertiary/aromatic N) is 4. The number of piperazine rings is 1. The zero-order valence-corrected chi connectivity index (χ0v) is 17.5. The molecule has 2 saturated heterocycles. The van der Waals surface area contributed by atoms with Crippen LogP contribution in [0.25, 0.3) is 0 Å². The Morgan fingerprint density at radius 3 is 2.40 bits per heavy atom. The summed E-state index contributed by atoms with van der Waals surface area (Å²) in [6.07, 6.45) is 0.739. The lowest BCUT2D eigenvalue weighted by molar-refractivity contribution is -0.131. The number of hydrogen-bond donors (Lipinski definition) is 1. The normalized spacial score (nSPS) is 17.3. The quantitative estimate of drug-likeness (QED) is 0.796. The fourth-order valence-corrected chi connectivity index (χ4v) is 4.06. The number of amides is 1. The number of carbonyl (C=O) groups is 1. The molecule has 2 aliphatic heterocycles. The number of aromatic nitrogens is 2. The molecule has 2 aliphatic rings. The first-order chi connectivity index (χ1) is 14.6. The van der Waals surface area contributed by atoms with Gasteiger partial charge in [-0.25, -0.2) is 4.98 Å². The third kappa shape index (κ3) is 4.64. The average Bonchev–Trinajstić information content (AvgIpc) is 2.79. The molecule has 1 N–H and O–H groups in total. The lowest BCUT2D eigenvalue weighted by Crippen LogP contribution is -2.48. The first-order valence-corrected chi connectivity index (χ1v) is 10.6. The Kier molecular flexibility index (Phi) is 6.32. The van der Waals surface area contributed by atoms with Crippen molar-refractivity contribution in [2.24, 2.45) is 0 Å². The molecule has 1 aromatic carbocycles. The predicted molar refractivity (Wildman–Crippen MR) is 116 cm³/mol. The maximum atomic E-state index is 12.7. The van der Waals surface area contributed by atoms with E-state index in [1.165, 1.54) is 5.69 Å². The minimum Gasteiger partial charge on any atom is -0.378 e. The molecule has 1 amide bonds. The van der Waals surface area contributed by atoms with Crippen molar-refractivity contribution >= 4 is 17.5 Å². The van der Waals surface area contributed by atoms with E-state index < -0.39 is 0 Å². The Morgan fingerprint density at radius 2 is 1.73 bits per heavy atom. The summed E-state index contributed by atoms with van der Waals surface area (Å²) in [5, 5.41) is 0. The summed E-state index contributed by atoms with van der Waals surface area (Å²) in [6.45, 7) is 7.61. The van der Waals surface area contributed by atoms with E-state index in [0.29, 0.717) is 56.4 Å². The van der Waals surface area contributed by atoms with Gasteiger partial charge >= 0.3 is 0 Å². The van der Waals surface area contributed by atoms with Gasteiger partial charge < -0.3 is 19.4 Å². The number of para-hydroxylation sites is 1. The number of benzene rings is 1. The van der Waals surface area contributed by atoms with Crippen LogP contribution in [0.15, 0.2) is 35.1 Å². The Hall–Kier alpha value is -2.87. The van der Waals surface area contributed by atoms with Crippen molar-refractivity contribution in [3.8, 4) is 0 Å². The third-order valence-corrected chi connectivity index (χ3v) is 5.86. The first-order valence-electron chi connectivity index (χ1n) is 10.6. The van der Waals surface area contributed by atoms with E-state index in [2.05, 4.69) is 27.0 Å². The second kappa shape index (κ2) is 9.30. The summed E-state index contributed by atoms with van der Waals surface area (Å²) in [4.78, 5) is 39.0. The summed E-state index contributed by atoms with van der Waals surface area (Å²) in [5.74, 6) is 0.687. The van der Waals surface area contributed by atoms with E-state index >= 15 is 0 Å². The van der Waals surface area contributed by atoms with Gasteiger partial charge in [0.2, 0.25) is 11.9 Å². The van der Waals surface area contributed by atoms with Crippen LogP contribution in [0.2, 0.25) is 0 Å². The van der Waals surface area contributed by atoms with E-state index in [0.717, 1.165) is 26.2 Å². The zero-order valence-electron chi connectivity index (χ0n) is 17.5. The van der Waals surface area contributed by atoms with Crippen LogP contribution in [-0.4, -0.2) is 73.3 Å². The summed E-state index contributed by atoms with van der Waals surface area (Å²) in [6, 6.07) is 10.3. The van der Waals surface area contributed by atoms with Crippen molar-refractivity contribution in [1.82, 2.24) is 14.9 Å². The van der Waals surface area contributed by atoms with Gasteiger partial charge in [-0.2, -0.15) is 0 Å². The van der Waals surface area contributed by atoms with Gasteiger partial charge in [0, 0.05) is 62.6 Å². The number of carbonyl (C=O) groups excluding carboxylic acids is 1.